The zero-order chi connectivity index (χ0) is 7.28. The fourth-order valence-electron chi connectivity index (χ4n) is 0.281. The van der Waals surface area contributed by atoms with Crippen LogP contribution in [0.1, 0.15) is 13.8 Å². The zero-order valence-corrected chi connectivity index (χ0v) is 5.76. The van der Waals surface area contributed by atoms with Crippen LogP contribution >= 0.6 is 0 Å². The van der Waals surface area contributed by atoms with E-state index in [1.165, 1.54) is 0 Å². The fraction of sp³-hybridized carbons (Fsp3) is 0.333. The first-order valence-corrected chi connectivity index (χ1v) is 2.64. The summed E-state index contributed by atoms with van der Waals surface area (Å²) in [5.41, 5.74) is 6.08. The second-order valence-electron chi connectivity index (χ2n) is 1.56. The summed E-state index contributed by atoms with van der Waals surface area (Å²) >= 11 is 0. The fourth-order valence-corrected chi connectivity index (χ4v) is 0.281. The highest BCUT2D eigenvalue weighted by atomic mass is 15.0. The minimum absolute atomic E-state index is 0.214. The molecule has 0 aliphatic carbocycles. The molecule has 0 aromatic rings. The van der Waals surface area contributed by atoms with Crippen molar-refractivity contribution in [2.75, 3.05) is 0 Å². The third-order valence-electron chi connectivity index (χ3n) is 0.871. The van der Waals surface area contributed by atoms with Gasteiger partial charge in [-0.1, -0.05) is 6.08 Å². The lowest BCUT2D eigenvalue weighted by molar-refractivity contribution is 1.26. The molecule has 0 aliphatic heterocycles. The van der Waals surface area contributed by atoms with Crippen LogP contribution in [0.15, 0.2) is 21.8 Å². The van der Waals surface area contributed by atoms with Gasteiger partial charge in [0.25, 0.3) is 0 Å². The van der Waals surface area contributed by atoms with Gasteiger partial charge in [0, 0.05) is 5.70 Å². The van der Waals surface area contributed by atoms with Crippen molar-refractivity contribution in [3.63, 3.8) is 0 Å². The van der Waals surface area contributed by atoms with Crippen molar-refractivity contribution in [2.45, 2.75) is 13.8 Å². The van der Waals surface area contributed by atoms with E-state index < -0.39 is 0 Å². The summed E-state index contributed by atoms with van der Waals surface area (Å²) in [7, 11) is 0. The first-order valence-electron chi connectivity index (χ1n) is 2.64. The summed E-state index contributed by atoms with van der Waals surface area (Å²) in [4.78, 5) is 7.25. The Hall–Kier alpha value is -1.12. The molecule has 0 amide bonds. The van der Waals surface area contributed by atoms with E-state index in [2.05, 4.69) is 16.7 Å². The Morgan fingerprint density at radius 2 is 2.22 bits per heavy atom. The molecule has 0 radical (unpaired) electrons. The number of allylic oxidation sites excluding steroid dienone is 2. The third kappa shape index (κ3) is 3.46. The van der Waals surface area contributed by atoms with Gasteiger partial charge in [-0.15, -0.1) is 0 Å². The Morgan fingerprint density at radius 1 is 1.67 bits per heavy atom. The highest BCUT2D eigenvalue weighted by Crippen LogP contribution is 1.91. The zero-order valence-electron chi connectivity index (χ0n) is 5.76. The van der Waals surface area contributed by atoms with Crippen LogP contribution in [0.3, 0.4) is 0 Å². The van der Waals surface area contributed by atoms with Crippen molar-refractivity contribution in [3.8, 4) is 0 Å². The normalized spacial score (nSPS) is 13.6. The maximum Gasteiger partial charge on any atom is 0.219 e. The highest BCUT2D eigenvalue weighted by Gasteiger charge is 1.82. The third-order valence-corrected chi connectivity index (χ3v) is 0.871. The molecule has 0 aliphatic rings. The highest BCUT2D eigenvalue weighted by molar-refractivity contribution is 5.83. The first-order chi connectivity index (χ1) is 4.20. The van der Waals surface area contributed by atoms with Crippen LogP contribution < -0.4 is 5.73 Å². The van der Waals surface area contributed by atoms with E-state index in [9.17, 15) is 0 Å². The summed E-state index contributed by atoms with van der Waals surface area (Å²) in [5.74, 6) is 0.214. The molecule has 9 heavy (non-hydrogen) atoms. The van der Waals surface area contributed by atoms with Crippen LogP contribution in [0, 0.1) is 0 Å². The lowest BCUT2D eigenvalue weighted by Crippen LogP contribution is -2.06. The molecule has 0 unspecified atom stereocenters. The minimum atomic E-state index is 0.214. The molecule has 0 atom stereocenters. The van der Waals surface area contributed by atoms with E-state index in [1.807, 2.05) is 19.9 Å². The molecule has 0 heterocycles. The lowest BCUT2D eigenvalue weighted by atomic mass is 10.5. The van der Waals surface area contributed by atoms with Gasteiger partial charge in [-0.3, -0.25) is 0 Å². The number of guanidine groups is 1. The van der Waals surface area contributed by atoms with Crippen LogP contribution in [0.25, 0.3) is 0 Å². The number of hydrogen-bond acceptors (Lipinski definition) is 1. The van der Waals surface area contributed by atoms with Crippen LogP contribution in [0.2, 0.25) is 0 Å². The van der Waals surface area contributed by atoms with Crippen molar-refractivity contribution in [2.24, 2.45) is 15.7 Å². The van der Waals surface area contributed by atoms with Crippen molar-refractivity contribution in [1.29, 1.82) is 0 Å². The van der Waals surface area contributed by atoms with Gasteiger partial charge in [-0.2, -0.15) is 0 Å². The minimum Gasteiger partial charge on any atom is -0.368 e. The van der Waals surface area contributed by atoms with Gasteiger partial charge in [0.05, 0.1) is 0 Å². The van der Waals surface area contributed by atoms with Gasteiger partial charge in [-0.25, -0.2) is 9.98 Å². The predicted octanol–water partition coefficient (Wildman–Crippen LogP) is 0.925. The molecule has 0 saturated carbocycles. The van der Waals surface area contributed by atoms with Gasteiger partial charge < -0.3 is 5.73 Å². The average molecular weight is 125 g/mol. The van der Waals surface area contributed by atoms with E-state index >= 15 is 0 Å². The molecule has 2 N–H and O–H groups in total. The Balaban J connectivity index is 4.11. The van der Waals surface area contributed by atoms with Crippen molar-refractivity contribution in [1.82, 2.24) is 0 Å². The van der Waals surface area contributed by atoms with Crippen LogP contribution in [0.5, 0.6) is 0 Å². The van der Waals surface area contributed by atoms with E-state index in [0.717, 1.165) is 5.70 Å². The van der Waals surface area contributed by atoms with E-state index in [-0.39, 0.29) is 5.96 Å². The van der Waals surface area contributed by atoms with Gasteiger partial charge in [-0.05, 0) is 20.6 Å². The summed E-state index contributed by atoms with van der Waals surface area (Å²) < 4.78 is 0. The van der Waals surface area contributed by atoms with Gasteiger partial charge in [0.15, 0.2) is 0 Å². The summed E-state index contributed by atoms with van der Waals surface area (Å²) in [6.45, 7) is 6.94. The molecule has 0 rings (SSSR count). The van der Waals surface area contributed by atoms with Crippen molar-refractivity contribution >= 4 is 12.7 Å². The Bertz CT molecular complexity index is 156. The molecule has 0 bridgehead atoms. The smallest absolute Gasteiger partial charge is 0.219 e. The molecule has 0 spiro atoms. The number of nitrogens with two attached hydrogens (primary N) is 1. The average Bonchev–Trinajstić information content (AvgIpc) is 1.87. The summed E-state index contributed by atoms with van der Waals surface area (Å²) in [6.07, 6.45) is 1.85. The molecule has 0 saturated heterocycles. The second kappa shape index (κ2) is 3.83. The molecular formula is C6H11N3. The predicted molar refractivity (Wildman–Crippen MR) is 40.6 cm³/mol. The molecular weight excluding hydrogens is 114 g/mol. The second-order valence-corrected chi connectivity index (χ2v) is 1.56. The number of rotatable bonds is 1. The lowest BCUT2D eigenvalue weighted by Gasteiger charge is -1.89. The largest absolute Gasteiger partial charge is 0.368 e. The Morgan fingerprint density at radius 3 is 2.56 bits per heavy atom. The number of nitrogens with zero attached hydrogens (tertiary/aromatic N) is 2. The Labute approximate surface area is 55.0 Å². The number of aliphatic imine (C=N–C) groups is 2. The molecule has 0 aromatic heterocycles. The SMILES string of the molecule is C=N/C(N)=N\C(C)=C/C. The van der Waals surface area contributed by atoms with Gasteiger partial charge in [0.2, 0.25) is 5.96 Å². The topological polar surface area (TPSA) is 50.7 Å². The summed E-state index contributed by atoms with van der Waals surface area (Å²) in [5, 5.41) is 0. The van der Waals surface area contributed by atoms with E-state index in [1.54, 1.807) is 0 Å². The maximum absolute atomic E-state index is 5.23. The first kappa shape index (κ1) is 7.88. The quantitative estimate of drug-likeness (QED) is 0.411. The molecule has 3 nitrogen and oxygen atoms in total. The van der Waals surface area contributed by atoms with E-state index in [4.69, 9.17) is 5.73 Å². The Kier molecular flexibility index (Phi) is 3.35. The van der Waals surface area contributed by atoms with Gasteiger partial charge in [0.1, 0.15) is 0 Å². The van der Waals surface area contributed by atoms with Crippen LogP contribution in [0.4, 0.5) is 0 Å². The van der Waals surface area contributed by atoms with Crippen LogP contribution in [-0.2, 0) is 0 Å². The number of hydrogen-bond donors (Lipinski definition) is 1. The molecule has 0 aromatic carbocycles. The monoisotopic (exact) mass is 125 g/mol. The summed E-state index contributed by atoms with van der Waals surface area (Å²) in [6, 6.07) is 0. The molecule has 50 valence electrons. The van der Waals surface area contributed by atoms with Gasteiger partial charge >= 0.3 is 0 Å². The van der Waals surface area contributed by atoms with Crippen molar-refractivity contribution < 1.29 is 0 Å². The van der Waals surface area contributed by atoms with Crippen LogP contribution in [-0.4, -0.2) is 12.7 Å². The van der Waals surface area contributed by atoms with E-state index in [0.29, 0.717) is 0 Å². The maximum atomic E-state index is 5.23. The standard InChI is InChI=1S/C6H11N3/c1-4-5(2)9-6(7)8-3/h4H,3H2,1-2H3,(H2,7,9)/b5-4-. The van der Waals surface area contributed by atoms with Crippen molar-refractivity contribution in [3.05, 3.63) is 11.8 Å². The molecule has 0 fully saturated rings. The molecule has 3 heteroatoms.